The highest BCUT2D eigenvalue weighted by Gasteiger charge is 2.62. The van der Waals surface area contributed by atoms with Crippen molar-refractivity contribution in [2.45, 2.75) is 50.7 Å². The van der Waals surface area contributed by atoms with E-state index in [1.165, 1.54) is 0 Å². The number of rotatable bonds is 2. The number of benzene rings is 2. The van der Waals surface area contributed by atoms with Crippen LogP contribution in [0.25, 0.3) is 0 Å². The van der Waals surface area contributed by atoms with E-state index < -0.39 is 5.72 Å². The number of nitrogens with zero attached hydrogens (tertiary/aromatic N) is 3. The third-order valence-corrected chi connectivity index (χ3v) is 6.85. The second kappa shape index (κ2) is 5.84. The molecule has 28 heavy (non-hydrogen) atoms. The molecule has 0 saturated heterocycles. The molecule has 3 aliphatic heterocycles. The predicted molar refractivity (Wildman–Crippen MR) is 113 cm³/mol. The van der Waals surface area contributed by atoms with Gasteiger partial charge in [0.1, 0.15) is 11.4 Å². The summed E-state index contributed by atoms with van der Waals surface area (Å²) < 4.78 is 6.93. The number of anilines is 1. The Balaban J connectivity index is 1.74. The molecule has 1 N–H and O–H groups in total. The monoisotopic (exact) mass is 375 g/mol. The number of likely N-dealkylation sites (N-methyl/N-ethyl adjacent to an activating group) is 1. The Kier molecular flexibility index (Phi) is 3.60. The van der Waals surface area contributed by atoms with Crippen LogP contribution in [-0.4, -0.2) is 30.3 Å². The summed E-state index contributed by atoms with van der Waals surface area (Å²) in [5.74, 6) is 1.14. The summed E-state index contributed by atoms with van der Waals surface area (Å²) in [6, 6.07) is 9.64. The average molecular weight is 375 g/mol. The summed E-state index contributed by atoms with van der Waals surface area (Å²) in [5.41, 5.74) is 4.16. The summed E-state index contributed by atoms with van der Waals surface area (Å²) in [7, 11) is 2.06. The van der Waals surface area contributed by atoms with Crippen molar-refractivity contribution in [2.75, 3.05) is 11.9 Å². The lowest BCUT2D eigenvalue weighted by Gasteiger charge is -2.48. The molecule has 1 spiro atoms. The second-order valence-corrected chi connectivity index (χ2v) is 7.87. The highest BCUT2D eigenvalue weighted by atomic mass is 16.5. The fourth-order valence-electron chi connectivity index (χ4n) is 5.30. The van der Waals surface area contributed by atoms with Crippen LogP contribution in [0.4, 0.5) is 17.1 Å². The van der Waals surface area contributed by atoms with E-state index >= 15 is 0 Å². The SMILES string of the molecule is CCC1(CC)c2cc(O)ccc2N(C)C12C=Nc1ccc3c(c1O2)CCC=N3. The number of aromatic hydroxyl groups is 1. The van der Waals surface area contributed by atoms with Crippen molar-refractivity contribution >= 4 is 29.5 Å². The average Bonchev–Trinajstić information content (AvgIpc) is 2.92. The van der Waals surface area contributed by atoms with Crippen molar-refractivity contribution in [3.63, 3.8) is 0 Å². The van der Waals surface area contributed by atoms with Gasteiger partial charge in [0.05, 0.1) is 17.3 Å². The number of hydrogen-bond acceptors (Lipinski definition) is 5. The second-order valence-electron chi connectivity index (χ2n) is 7.87. The molecule has 0 aromatic heterocycles. The Hall–Kier alpha value is -2.82. The van der Waals surface area contributed by atoms with Crippen molar-refractivity contribution in [1.29, 1.82) is 0 Å². The highest BCUT2D eigenvalue weighted by molar-refractivity contribution is 5.89. The molecule has 2 aromatic rings. The molecule has 3 heterocycles. The number of aliphatic imine (C=N–C) groups is 2. The quantitative estimate of drug-likeness (QED) is 0.800. The van der Waals surface area contributed by atoms with Gasteiger partial charge in [-0.05, 0) is 61.6 Å². The number of phenols is 1. The standard InChI is InChI=1S/C23H25N3O2/c1-4-22(5-2)17-13-15(27)8-11-20(17)26(3)23(22)14-25-19-10-9-18-16(21(19)28-23)7-6-12-24-18/h8-14,27H,4-7H2,1-3H3. The van der Waals surface area contributed by atoms with Crippen molar-refractivity contribution in [1.82, 2.24) is 0 Å². The topological polar surface area (TPSA) is 57.4 Å². The van der Waals surface area contributed by atoms with Gasteiger partial charge in [-0.25, -0.2) is 0 Å². The van der Waals surface area contributed by atoms with Gasteiger partial charge in [0, 0.05) is 24.5 Å². The summed E-state index contributed by atoms with van der Waals surface area (Å²) in [5, 5.41) is 10.2. The van der Waals surface area contributed by atoms with E-state index in [2.05, 4.69) is 30.8 Å². The lowest BCUT2D eigenvalue weighted by Crippen LogP contribution is -2.62. The molecular formula is C23H25N3O2. The van der Waals surface area contributed by atoms with Crippen molar-refractivity contribution in [3.8, 4) is 11.5 Å². The molecule has 0 fully saturated rings. The Bertz CT molecular complexity index is 1020. The van der Waals surface area contributed by atoms with Crippen LogP contribution in [0.1, 0.15) is 44.2 Å². The van der Waals surface area contributed by atoms with E-state index in [4.69, 9.17) is 9.73 Å². The first kappa shape index (κ1) is 17.3. The molecule has 144 valence electrons. The van der Waals surface area contributed by atoms with Crippen molar-refractivity contribution in [3.05, 3.63) is 41.5 Å². The van der Waals surface area contributed by atoms with Crippen LogP contribution in [-0.2, 0) is 11.8 Å². The Morgan fingerprint density at radius 3 is 2.68 bits per heavy atom. The van der Waals surface area contributed by atoms with Gasteiger partial charge in [-0.2, -0.15) is 0 Å². The Morgan fingerprint density at radius 2 is 1.89 bits per heavy atom. The molecule has 0 aliphatic carbocycles. The Labute approximate surface area is 165 Å². The first-order valence-electron chi connectivity index (χ1n) is 10.1. The summed E-state index contributed by atoms with van der Waals surface area (Å²) in [6.07, 6.45) is 7.52. The Morgan fingerprint density at radius 1 is 1.11 bits per heavy atom. The molecule has 1 unspecified atom stereocenters. The van der Waals surface area contributed by atoms with Crippen LogP contribution in [0, 0.1) is 0 Å². The van der Waals surface area contributed by atoms with Gasteiger partial charge in [-0.1, -0.05) is 13.8 Å². The first-order chi connectivity index (χ1) is 13.6. The van der Waals surface area contributed by atoms with Crippen LogP contribution >= 0.6 is 0 Å². The van der Waals surface area contributed by atoms with Gasteiger partial charge >= 0.3 is 0 Å². The molecule has 1 atom stereocenters. The molecule has 3 aliphatic rings. The van der Waals surface area contributed by atoms with Crippen molar-refractivity contribution < 1.29 is 9.84 Å². The number of hydrogen-bond donors (Lipinski definition) is 1. The summed E-state index contributed by atoms with van der Waals surface area (Å²) in [6.45, 7) is 4.38. The minimum atomic E-state index is -0.726. The molecule has 0 radical (unpaired) electrons. The normalized spacial score (nSPS) is 23.3. The molecule has 5 nitrogen and oxygen atoms in total. The fourth-order valence-corrected chi connectivity index (χ4v) is 5.30. The minimum absolute atomic E-state index is 0.287. The van der Waals surface area contributed by atoms with Crippen LogP contribution < -0.4 is 9.64 Å². The molecule has 2 aromatic carbocycles. The zero-order valence-corrected chi connectivity index (χ0v) is 16.6. The van der Waals surface area contributed by atoms with Crippen LogP contribution in [0.5, 0.6) is 11.5 Å². The molecular weight excluding hydrogens is 350 g/mol. The first-order valence-corrected chi connectivity index (χ1v) is 10.1. The van der Waals surface area contributed by atoms with Gasteiger partial charge < -0.3 is 14.7 Å². The zero-order chi connectivity index (χ0) is 19.5. The van der Waals surface area contributed by atoms with Gasteiger partial charge in [-0.15, -0.1) is 0 Å². The van der Waals surface area contributed by atoms with Crippen LogP contribution in [0.2, 0.25) is 0 Å². The third-order valence-electron chi connectivity index (χ3n) is 6.85. The largest absolute Gasteiger partial charge is 0.508 e. The lowest BCUT2D eigenvalue weighted by atomic mass is 9.69. The van der Waals surface area contributed by atoms with E-state index in [1.807, 2.05) is 36.7 Å². The van der Waals surface area contributed by atoms with Crippen molar-refractivity contribution in [2.24, 2.45) is 9.98 Å². The molecule has 5 rings (SSSR count). The molecule has 5 heteroatoms. The van der Waals surface area contributed by atoms with Gasteiger partial charge in [-0.3, -0.25) is 9.98 Å². The number of ether oxygens (including phenoxy) is 1. The fraction of sp³-hybridized carbons (Fsp3) is 0.391. The molecule has 0 bridgehead atoms. The van der Waals surface area contributed by atoms with Crippen LogP contribution in [0.3, 0.4) is 0 Å². The van der Waals surface area contributed by atoms with Gasteiger partial charge in [0.25, 0.3) is 0 Å². The van der Waals surface area contributed by atoms with E-state index in [-0.39, 0.29) is 11.2 Å². The maximum Gasteiger partial charge on any atom is 0.229 e. The summed E-state index contributed by atoms with van der Waals surface area (Å²) >= 11 is 0. The van der Waals surface area contributed by atoms with Crippen LogP contribution in [0.15, 0.2) is 40.3 Å². The number of fused-ring (bicyclic) bond motifs is 4. The zero-order valence-electron chi connectivity index (χ0n) is 16.6. The highest BCUT2D eigenvalue weighted by Crippen LogP contribution is 2.58. The van der Waals surface area contributed by atoms with Gasteiger partial charge in [0.15, 0.2) is 5.75 Å². The van der Waals surface area contributed by atoms with E-state index in [9.17, 15) is 5.11 Å². The van der Waals surface area contributed by atoms with Gasteiger partial charge in [0.2, 0.25) is 5.72 Å². The lowest BCUT2D eigenvalue weighted by molar-refractivity contribution is 0.0567. The maximum atomic E-state index is 10.2. The van der Waals surface area contributed by atoms with E-state index in [0.29, 0.717) is 0 Å². The third kappa shape index (κ3) is 1.96. The van der Waals surface area contributed by atoms with E-state index in [0.717, 1.165) is 59.6 Å². The minimum Gasteiger partial charge on any atom is -0.508 e. The predicted octanol–water partition coefficient (Wildman–Crippen LogP) is 5.04. The van der Waals surface area contributed by atoms with E-state index in [1.54, 1.807) is 6.07 Å². The smallest absolute Gasteiger partial charge is 0.229 e. The number of phenolic OH excluding ortho intramolecular Hbond substituents is 1. The molecule has 0 saturated carbocycles. The molecule has 0 amide bonds. The summed E-state index contributed by atoms with van der Waals surface area (Å²) in [4.78, 5) is 11.6. The maximum absolute atomic E-state index is 10.2.